The first kappa shape index (κ1) is 27.3. The Morgan fingerprint density at radius 1 is 0.953 bits per heavy atom. The molecule has 0 aliphatic heterocycles. The van der Waals surface area contributed by atoms with Crippen LogP contribution in [0.5, 0.6) is 0 Å². The van der Waals surface area contributed by atoms with Gasteiger partial charge in [-0.05, 0) is 98.5 Å². The Hall–Kier alpha value is -4.52. The highest BCUT2D eigenvalue weighted by molar-refractivity contribution is 6.01. The minimum Gasteiger partial charge on any atom is -0.342 e. The first-order chi connectivity index (χ1) is 20.8. The van der Waals surface area contributed by atoms with Crippen LogP contribution in [-0.2, 0) is 24.4 Å². The van der Waals surface area contributed by atoms with Gasteiger partial charge in [0, 0.05) is 36.8 Å². The van der Waals surface area contributed by atoms with E-state index < -0.39 is 5.54 Å². The molecule has 0 spiro atoms. The largest absolute Gasteiger partial charge is 0.342 e. The van der Waals surface area contributed by atoms with E-state index in [2.05, 4.69) is 33.6 Å². The average Bonchev–Trinajstić information content (AvgIpc) is 3.71. The van der Waals surface area contributed by atoms with Crippen molar-refractivity contribution < 1.29 is 9.59 Å². The van der Waals surface area contributed by atoms with Crippen LogP contribution in [-0.4, -0.2) is 30.8 Å². The summed E-state index contributed by atoms with van der Waals surface area (Å²) in [5, 5.41) is 4.63. The molecule has 1 amide bonds. The van der Waals surface area contributed by atoms with Crippen LogP contribution in [0.3, 0.4) is 0 Å². The predicted molar refractivity (Wildman–Crippen MR) is 171 cm³/mol. The number of nitrogens with zero attached hydrogens (tertiary/aromatic N) is 4. The summed E-state index contributed by atoms with van der Waals surface area (Å²) in [4.78, 5) is 35.1. The molecule has 218 valence electrons. The maximum absolute atomic E-state index is 13.9. The highest BCUT2D eigenvalue weighted by Gasteiger charge is 2.44. The molecule has 5 aromatic rings. The fourth-order valence-corrected chi connectivity index (χ4v) is 7.23. The first-order valence-corrected chi connectivity index (χ1v) is 15.4. The predicted octanol–water partition coefficient (Wildman–Crippen LogP) is 7.20. The van der Waals surface area contributed by atoms with Gasteiger partial charge in [0.15, 0.2) is 5.78 Å². The van der Waals surface area contributed by atoms with Gasteiger partial charge in [0.2, 0.25) is 0 Å². The van der Waals surface area contributed by atoms with Crippen molar-refractivity contribution in [2.75, 3.05) is 0 Å². The second-order valence-corrected chi connectivity index (χ2v) is 12.3. The Balaban J connectivity index is 1.24. The molecule has 7 rings (SSSR count). The molecule has 0 saturated heterocycles. The molecule has 43 heavy (non-hydrogen) atoms. The van der Waals surface area contributed by atoms with Crippen molar-refractivity contribution in [2.24, 2.45) is 14.1 Å². The summed E-state index contributed by atoms with van der Waals surface area (Å²) in [6.45, 7) is 1.54. The zero-order valence-electron chi connectivity index (χ0n) is 25.1. The van der Waals surface area contributed by atoms with E-state index in [-0.39, 0.29) is 11.7 Å². The van der Waals surface area contributed by atoms with Crippen molar-refractivity contribution in [1.82, 2.24) is 24.4 Å². The number of nitrogens with one attached hydrogen (secondary N) is 1. The third-order valence-electron chi connectivity index (χ3n) is 9.58. The number of hydrogen-bond donors (Lipinski definition) is 1. The third-order valence-corrected chi connectivity index (χ3v) is 9.58. The number of allylic oxidation sites excluding steroid dienone is 1. The van der Waals surface area contributed by atoms with Crippen LogP contribution in [0.4, 0.5) is 0 Å². The molecule has 0 bridgehead atoms. The molecular formula is C36H37N5O2. The van der Waals surface area contributed by atoms with Gasteiger partial charge in [-0.1, -0.05) is 37.1 Å². The van der Waals surface area contributed by atoms with Crippen LogP contribution in [0.2, 0.25) is 0 Å². The van der Waals surface area contributed by atoms with E-state index in [9.17, 15) is 9.59 Å². The second kappa shape index (κ2) is 10.6. The number of rotatable bonds is 7. The lowest BCUT2D eigenvalue weighted by molar-refractivity contribution is -0.112. The Bertz CT molecular complexity index is 1900. The molecule has 7 heteroatoms. The summed E-state index contributed by atoms with van der Waals surface area (Å²) in [7, 11) is 4.11. The van der Waals surface area contributed by atoms with Crippen molar-refractivity contribution in [3.63, 3.8) is 0 Å². The quantitative estimate of drug-likeness (QED) is 0.210. The lowest BCUT2D eigenvalue weighted by Gasteiger charge is -2.41. The highest BCUT2D eigenvalue weighted by atomic mass is 16.2. The molecule has 2 aliphatic carbocycles. The normalized spacial score (nSPS) is 16.7. The van der Waals surface area contributed by atoms with Gasteiger partial charge in [-0.25, -0.2) is 4.98 Å². The van der Waals surface area contributed by atoms with Gasteiger partial charge >= 0.3 is 0 Å². The first-order valence-electron chi connectivity index (χ1n) is 15.4. The molecule has 2 aromatic carbocycles. The number of aromatic nitrogens is 4. The van der Waals surface area contributed by atoms with Crippen molar-refractivity contribution in [3.05, 3.63) is 89.4 Å². The van der Waals surface area contributed by atoms with Crippen LogP contribution < -0.4 is 5.32 Å². The topological polar surface area (TPSA) is 81.8 Å². The van der Waals surface area contributed by atoms with E-state index in [0.29, 0.717) is 11.5 Å². The van der Waals surface area contributed by atoms with Gasteiger partial charge < -0.3 is 14.5 Å². The summed E-state index contributed by atoms with van der Waals surface area (Å²) in [5.74, 6) is 1.31. The van der Waals surface area contributed by atoms with E-state index in [1.165, 1.54) is 36.6 Å². The van der Waals surface area contributed by atoms with E-state index in [4.69, 9.17) is 9.97 Å². The molecule has 7 nitrogen and oxygen atoms in total. The molecular weight excluding hydrogens is 534 g/mol. The van der Waals surface area contributed by atoms with E-state index in [0.717, 1.165) is 58.6 Å². The lowest BCUT2D eigenvalue weighted by atomic mass is 9.75. The maximum Gasteiger partial charge on any atom is 0.252 e. The Labute approximate surface area is 251 Å². The van der Waals surface area contributed by atoms with Gasteiger partial charge in [0.05, 0.1) is 28.0 Å². The Morgan fingerprint density at radius 2 is 1.77 bits per heavy atom. The molecule has 2 aliphatic rings. The maximum atomic E-state index is 13.9. The molecule has 0 unspecified atom stereocenters. The van der Waals surface area contributed by atoms with Gasteiger partial charge in [-0.2, -0.15) is 0 Å². The van der Waals surface area contributed by atoms with Gasteiger partial charge in [-0.3, -0.25) is 14.6 Å². The standard InChI is InChI=1S/C36H37N5O2/c1-23(42)12-13-24-14-17-30-29(21-24)38-35(41(30)3)36(18-8-19-36)39-34(43)26-15-16-27-31(22-26)40(2)33(28-11-6-7-20-37-28)32(27)25-9-4-5-10-25/h6-7,11-17,20-22,25H,4-5,8-10,18-19H2,1-3H3,(H,39,43)/b13-12+. The number of fused-ring (bicyclic) bond motifs is 2. The van der Waals surface area contributed by atoms with E-state index >= 15 is 0 Å². The Morgan fingerprint density at radius 3 is 2.47 bits per heavy atom. The SMILES string of the molecule is CC(=O)/C=C/c1ccc2c(c1)nc(C1(NC(=O)c3ccc4c(C5CCCC5)c(-c5ccccn5)n(C)c4c3)CCC1)n2C. The molecule has 0 radical (unpaired) electrons. The van der Waals surface area contributed by atoms with Crippen LogP contribution in [0.1, 0.15) is 85.1 Å². The number of pyridine rings is 1. The smallest absolute Gasteiger partial charge is 0.252 e. The fraction of sp³-hybridized carbons (Fsp3) is 0.333. The number of ketones is 1. The van der Waals surface area contributed by atoms with Crippen LogP contribution >= 0.6 is 0 Å². The average molecular weight is 572 g/mol. The lowest BCUT2D eigenvalue weighted by Crippen LogP contribution is -2.52. The van der Waals surface area contributed by atoms with Crippen molar-refractivity contribution in [2.45, 2.75) is 63.3 Å². The molecule has 2 saturated carbocycles. The molecule has 2 fully saturated rings. The Kier molecular flexibility index (Phi) is 6.76. The highest BCUT2D eigenvalue weighted by Crippen LogP contribution is 2.45. The minimum atomic E-state index is -0.516. The van der Waals surface area contributed by atoms with Gasteiger partial charge in [-0.15, -0.1) is 0 Å². The van der Waals surface area contributed by atoms with Crippen molar-refractivity contribution in [1.29, 1.82) is 0 Å². The summed E-state index contributed by atoms with van der Waals surface area (Å²) < 4.78 is 4.32. The van der Waals surface area contributed by atoms with Gasteiger partial charge in [0.1, 0.15) is 5.82 Å². The minimum absolute atomic E-state index is 0.00851. The van der Waals surface area contributed by atoms with E-state index in [1.54, 1.807) is 13.0 Å². The second-order valence-electron chi connectivity index (χ2n) is 12.3. The molecule has 1 N–H and O–H groups in total. The molecule has 3 heterocycles. The molecule has 3 aromatic heterocycles. The van der Waals surface area contributed by atoms with Crippen molar-refractivity contribution in [3.8, 4) is 11.4 Å². The van der Waals surface area contributed by atoms with Crippen LogP contribution in [0.15, 0.2) is 66.9 Å². The van der Waals surface area contributed by atoms with Crippen LogP contribution in [0, 0.1) is 0 Å². The number of amides is 1. The summed E-state index contributed by atoms with van der Waals surface area (Å²) in [5.41, 5.74) is 7.49. The number of carbonyl (C=O) groups is 2. The number of benzene rings is 2. The third kappa shape index (κ3) is 4.67. The monoisotopic (exact) mass is 571 g/mol. The number of hydrogen-bond acceptors (Lipinski definition) is 4. The summed E-state index contributed by atoms with van der Waals surface area (Å²) >= 11 is 0. The van der Waals surface area contributed by atoms with Gasteiger partial charge in [0.25, 0.3) is 5.91 Å². The fourth-order valence-electron chi connectivity index (χ4n) is 7.23. The number of carbonyl (C=O) groups excluding carboxylic acids is 2. The van der Waals surface area contributed by atoms with Crippen LogP contribution in [0.25, 0.3) is 39.4 Å². The number of aryl methyl sites for hydroxylation is 2. The zero-order valence-corrected chi connectivity index (χ0v) is 25.1. The number of imidazole rings is 1. The van der Waals surface area contributed by atoms with E-state index in [1.807, 2.05) is 61.8 Å². The summed E-state index contributed by atoms with van der Waals surface area (Å²) in [6, 6.07) is 18.3. The zero-order chi connectivity index (χ0) is 29.7. The summed E-state index contributed by atoms with van der Waals surface area (Å²) in [6.07, 6.45) is 12.8. The van der Waals surface area contributed by atoms with Crippen molar-refractivity contribution >= 4 is 39.7 Å². The molecule has 0 atom stereocenters.